The van der Waals surface area contributed by atoms with Crippen LogP contribution in [-0.2, 0) is 0 Å². The fourth-order valence-corrected chi connectivity index (χ4v) is 1.86. The van der Waals surface area contributed by atoms with Crippen molar-refractivity contribution >= 4 is 23.2 Å². The highest BCUT2D eigenvalue weighted by atomic mass is 32.1. The number of rotatable bonds is 7. The third-order valence-corrected chi connectivity index (χ3v) is 2.97. The highest BCUT2D eigenvalue weighted by Gasteiger charge is 2.07. The molecule has 5 heteroatoms. The van der Waals surface area contributed by atoms with E-state index in [1.807, 2.05) is 6.92 Å². The predicted molar refractivity (Wildman–Crippen MR) is 85.2 cm³/mol. The van der Waals surface area contributed by atoms with E-state index in [9.17, 15) is 4.79 Å². The summed E-state index contributed by atoms with van der Waals surface area (Å²) in [6.45, 7) is 5.46. The smallest absolute Gasteiger partial charge is 0.257 e. The zero-order valence-electron chi connectivity index (χ0n) is 12.1. The molecule has 0 heterocycles. The van der Waals surface area contributed by atoms with Crippen LogP contribution in [0.2, 0.25) is 0 Å². The van der Waals surface area contributed by atoms with Gasteiger partial charge in [0.1, 0.15) is 5.75 Å². The minimum absolute atomic E-state index is 0.207. The summed E-state index contributed by atoms with van der Waals surface area (Å²) in [6.07, 6.45) is 3.37. The molecule has 1 amide bonds. The third kappa shape index (κ3) is 6.02. The second kappa shape index (κ2) is 9.31. The summed E-state index contributed by atoms with van der Waals surface area (Å²) in [6, 6.07) is 6.99. The van der Waals surface area contributed by atoms with Crippen LogP contribution in [0.3, 0.4) is 0 Å². The van der Waals surface area contributed by atoms with Crippen LogP contribution in [0, 0.1) is 0 Å². The van der Waals surface area contributed by atoms with Crippen molar-refractivity contribution in [2.24, 2.45) is 0 Å². The van der Waals surface area contributed by atoms with E-state index >= 15 is 0 Å². The van der Waals surface area contributed by atoms with E-state index in [1.165, 1.54) is 0 Å². The van der Waals surface area contributed by atoms with Gasteiger partial charge in [-0.05, 0) is 49.8 Å². The summed E-state index contributed by atoms with van der Waals surface area (Å²) >= 11 is 5.08. The molecule has 0 aliphatic rings. The molecule has 0 fully saturated rings. The molecule has 110 valence electrons. The molecule has 0 aromatic heterocycles. The van der Waals surface area contributed by atoms with Crippen LogP contribution in [0.25, 0.3) is 0 Å². The fraction of sp³-hybridized carbons (Fsp3) is 0.467. The first kappa shape index (κ1) is 16.4. The van der Waals surface area contributed by atoms with E-state index in [0.717, 1.165) is 31.6 Å². The number of amides is 1. The van der Waals surface area contributed by atoms with E-state index in [0.29, 0.717) is 17.3 Å². The molecule has 0 saturated carbocycles. The quantitative estimate of drug-likeness (QED) is 0.600. The molecule has 0 bridgehead atoms. The van der Waals surface area contributed by atoms with Gasteiger partial charge in [0.2, 0.25) is 0 Å². The molecular formula is C15H22N2O2S. The molecule has 0 unspecified atom stereocenters. The number of carbonyl (C=O) groups excluding carboxylic acids is 1. The predicted octanol–water partition coefficient (Wildman–Crippen LogP) is 2.88. The lowest BCUT2D eigenvalue weighted by Gasteiger charge is -2.09. The molecular weight excluding hydrogens is 272 g/mol. The molecule has 1 aromatic carbocycles. The van der Waals surface area contributed by atoms with E-state index in [4.69, 9.17) is 17.0 Å². The number of unbranched alkanes of at least 4 members (excludes halogenated alkanes) is 2. The van der Waals surface area contributed by atoms with Gasteiger partial charge in [0.05, 0.1) is 6.61 Å². The van der Waals surface area contributed by atoms with Crippen molar-refractivity contribution in [3.63, 3.8) is 0 Å². The Morgan fingerprint density at radius 2 is 1.90 bits per heavy atom. The molecule has 0 aliphatic carbocycles. The minimum atomic E-state index is -0.207. The first-order valence-corrected chi connectivity index (χ1v) is 7.40. The molecule has 20 heavy (non-hydrogen) atoms. The zero-order valence-corrected chi connectivity index (χ0v) is 12.9. The number of benzene rings is 1. The van der Waals surface area contributed by atoms with Crippen molar-refractivity contribution in [1.82, 2.24) is 10.6 Å². The summed E-state index contributed by atoms with van der Waals surface area (Å²) in [5.41, 5.74) is 0.561. The van der Waals surface area contributed by atoms with Gasteiger partial charge in [0, 0.05) is 12.1 Å². The molecule has 1 rings (SSSR count). The number of thiocarbonyl (C=S) groups is 1. The van der Waals surface area contributed by atoms with Gasteiger partial charge < -0.3 is 10.1 Å². The number of ether oxygens (including phenoxy) is 1. The van der Waals surface area contributed by atoms with Gasteiger partial charge in [-0.25, -0.2) is 0 Å². The van der Waals surface area contributed by atoms with Gasteiger partial charge in [0.15, 0.2) is 5.11 Å². The highest BCUT2D eigenvalue weighted by molar-refractivity contribution is 7.80. The summed E-state index contributed by atoms with van der Waals surface area (Å²) in [5.74, 6) is 0.547. The Balaban J connectivity index is 2.39. The Kier molecular flexibility index (Phi) is 7.65. The maximum atomic E-state index is 11.9. The average molecular weight is 294 g/mol. The molecule has 1 aromatic rings. The van der Waals surface area contributed by atoms with Crippen molar-refractivity contribution in [1.29, 1.82) is 0 Å². The van der Waals surface area contributed by atoms with Crippen molar-refractivity contribution in [2.75, 3.05) is 13.2 Å². The normalized spacial score (nSPS) is 9.90. The second-order valence-corrected chi connectivity index (χ2v) is 4.78. The standard InChI is InChI=1S/C15H22N2O2S/c1-3-5-6-11-16-15(20)17-14(18)12-7-9-13(10-8-12)19-4-2/h7-10H,3-6,11H2,1-2H3,(H2,16,17,18,20). The number of nitrogens with one attached hydrogen (secondary N) is 2. The number of carbonyl (C=O) groups is 1. The van der Waals surface area contributed by atoms with Crippen LogP contribution in [-0.4, -0.2) is 24.2 Å². The molecule has 0 aliphatic heterocycles. The topological polar surface area (TPSA) is 50.4 Å². The maximum absolute atomic E-state index is 11.9. The van der Waals surface area contributed by atoms with Crippen molar-refractivity contribution < 1.29 is 9.53 Å². The molecule has 0 atom stereocenters. The van der Waals surface area contributed by atoms with Crippen LogP contribution in [0.5, 0.6) is 5.75 Å². The molecule has 0 spiro atoms. The van der Waals surface area contributed by atoms with Crippen molar-refractivity contribution in [2.45, 2.75) is 33.1 Å². The summed E-state index contributed by atoms with van der Waals surface area (Å²) in [7, 11) is 0. The Labute approximate surface area is 125 Å². The van der Waals surface area contributed by atoms with Gasteiger partial charge in [0.25, 0.3) is 5.91 Å². The van der Waals surface area contributed by atoms with Crippen LogP contribution in [0.4, 0.5) is 0 Å². The number of hydrogen-bond donors (Lipinski definition) is 2. The lowest BCUT2D eigenvalue weighted by molar-refractivity contribution is 0.0976. The van der Waals surface area contributed by atoms with Crippen LogP contribution >= 0.6 is 12.2 Å². The lowest BCUT2D eigenvalue weighted by Crippen LogP contribution is -2.39. The molecule has 0 saturated heterocycles. The average Bonchev–Trinajstić information content (AvgIpc) is 2.45. The highest BCUT2D eigenvalue weighted by Crippen LogP contribution is 2.11. The summed E-state index contributed by atoms with van der Waals surface area (Å²) < 4.78 is 5.33. The van der Waals surface area contributed by atoms with Crippen LogP contribution in [0.1, 0.15) is 43.5 Å². The Morgan fingerprint density at radius 3 is 2.50 bits per heavy atom. The van der Waals surface area contributed by atoms with Gasteiger partial charge in [-0.2, -0.15) is 0 Å². The Hall–Kier alpha value is -1.62. The van der Waals surface area contributed by atoms with Gasteiger partial charge in [-0.1, -0.05) is 19.8 Å². The van der Waals surface area contributed by atoms with Gasteiger partial charge in [-0.3, -0.25) is 10.1 Å². The molecule has 4 nitrogen and oxygen atoms in total. The summed E-state index contributed by atoms with van der Waals surface area (Å²) in [5, 5.41) is 6.06. The van der Waals surface area contributed by atoms with Crippen molar-refractivity contribution in [3.8, 4) is 5.75 Å². The van der Waals surface area contributed by atoms with Gasteiger partial charge >= 0.3 is 0 Å². The first-order valence-electron chi connectivity index (χ1n) is 6.99. The lowest BCUT2D eigenvalue weighted by atomic mass is 10.2. The van der Waals surface area contributed by atoms with E-state index in [-0.39, 0.29) is 5.91 Å². The SMILES string of the molecule is CCCCCNC(=S)NC(=O)c1ccc(OCC)cc1. The van der Waals surface area contributed by atoms with Crippen LogP contribution in [0.15, 0.2) is 24.3 Å². The molecule has 2 N–H and O–H groups in total. The first-order chi connectivity index (χ1) is 9.67. The zero-order chi connectivity index (χ0) is 14.8. The third-order valence-electron chi connectivity index (χ3n) is 2.72. The van der Waals surface area contributed by atoms with E-state index < -0.39 is 0 Å². The van der Waals surface area contributed by atoms with Gasteiger partial charge in [-0.15, -0.1) is 0 Å². The second-order valence-electron chi connectivity index (χ2n) is 4.37. The minimum Gasteiger partial charge on any atom is -0.494 e. The maximum Gasteiger partial charge on any atom is 0.257 e. The Morgan fingerprint density at radius 1 is 1.20 bits per heavy atom. The van der Waals surface area contributed by atoms with Crippen LogP contribution < -0.4 is 15.4 Å². The fourth-order valence-electron chi connectivity index (χ4n) is 1.67. The van der Waals surface area contributed by atoms with E-state index in [1.54, 1.807) is 24.3 Å². The molecule has 0 radical (unpaired) electrons. The van der Waals surface area contributed by atoms with E-state index in [2.05, 4.69) is 17.6 Å². The van der Waals surface area contributed by atoms with Crippen molar-refractivity contribution in [3.05, 3.63) is 29.8 Å². The largest absolute Gasteiger partial charge is 0.494 e. The monoisotopic (exact) mass is 294 g/mol. The summed E-state index contributed by atoms with van der Waals surface area (Å²) in [4.78, 5) is 11.9. The Bertz CT molecular complexity index is 432. The number of hydrogen-bond acceptors (Lipinski definition) is 3.